The quantitative estimate of drug-likeness (QED) is 0.886. The Bertz CT molecular complexity index is 703. The van der Waals surface area contributed by atoms with Crippen LogP contribution in [0.2, 0.25) is 0 Å². The minimum Gasteiger partial charge on any atom is -0.478 e. The Labute approximate surface area is 128 Å². The molecular formula is C15H11BrFNO3. The van der Waals surface area contributed by atoms with Gasteiger partial charge in [0.05, 0.1) is 17.7 Å². The van der Waals surface area contributed by atoms with Gasteiger partial charge in [-0.1, -0.05) is 28.1 Å². The molecule has 6 heteroatoms. The summed E-state index contributed by atoms with van der Waals surface area (Å²) in [5.74, 6) is -2.26. The van der Waals surface area contributed by atoms with Gasteiger partial charge < -0.3 is 10.4 Å². The molecule has 0 atom stereocenters. The van der Waals surface area contributed by atoms with Crippen LogP contribution in [0.4, 0.5) is 10.1 Å². The van der Waals surface area contributed by atoms with Crippen LogP contribution < -0.4 is 5.32 Å². The number of aromatic carboxylic acids is 1. The van der Waals surface area contributed by atoms with Gasteiger partial charge in [-0.2, -0.15) is 0 Å². The number of hydrogen-bond acceptors (Lipinski definition) is 2. The number of hydrogen-bond donors (Lipinski definition) is 2. The van der Waals surface area contributed by atoms with Gasteiger partial charge in [-0.15, -0.1) is 0 Å². The number of carboxylic acid groups (broad SMARTS) is 1. The molecule has 0 bridgehead atoms. The first-order chi connectivity index (χ1) is 9.95. The zero-order chi connectivity index (χ0) is 15.4. The molecule has 2 aromatic rings. The summed E-state index contributed by atoms with van der Waals surface area (Å²) in [6.07, 6.45) is 0.0645. The van der Waals surface area contributed by atoms with E-state index in [4.69, 9.17) is 5.11 Å². The lowest BCUT2D eigenvalue weighted by Crippen LogP contribution is -2.17. The molecular weight excluding hydrogens is 341 g/mol. The van der Waals surface area contributed by atoms with E-state index in [0.29, 0.717) is 0 Å². The molecule has 0 saturated carbocycles. The number of nitrogens with one attached hydrogen (secondary N) is 1. The Kier molecular flexibility index (Phi) is 4.70. The molecule has 0 heterocycles. The van der Waals surface area contributed by atoms with Gasteiger partial charge >= 0.3 is 5.97 Å². The second kappa shape index (κ2) is 6.49. The van der Waals surface area contributed by atoms with Crippen molar-refractivity contribution in [2.45, 2.75) is 6.42 Å². The lowest BCUT2D eigenvalue weighted by molar-refractivity contribution is -0.115. The fourth-order valence-electron chi connectivity index (χ4n) is 1.83. The molecule has 0 fully saturated rings. The molecule has 2 aromatic carbocycles. The topological polar surface area (TPSA) is 66.4 Å². The highest BCUT2D eigenvalue weighted by Crippen LogP contribution is 2.18. The average molecular weight is 352 g/mol. The first-order valence-electron chi connectivity index (χ1n) is 6.03. The van der Waals surface area contributed by atoms with Crippen molar-refractivity contribution < 1.29 is 19.1 Å². The first-order valence-corrected chi connectivity index (χ1v) is 6.82. The van der Waals surface area contributed by atoms with E-state index >= 15 is 0 Å². The second-order valence-corrected chi connectivity index (χ2v) is 5.27. The fraction of sp³-hybridized carbons (Fsp3) is 0.0667. The van der Waals surface area contributed by atoms with Gasteiger partial charge in [0.15, 0.2) is 0 Å². The summed E-state index contributed by atoms with van der Waals surface area (Å²) < 4.78 is 14.0. The standard InChI is InChI=1S/C15H11BrFNO3/c16-10-3-1-2-9(6-10)7-14(19)18-13-8-11(17)4-5-12(13)15(20)21/h1-6,8H,7H2,(H,18,19)(H,20,21). The molecule has 0 aliphatic carbocycles. The molecule has 0 spiro atoms. The third-order valence-corrected chi connectivity index (χ3v) is 3.23. The van der Waals surface area contributed by atoms with Crippen LogP contribution in [0.5, 0.6) is 0 Å². The molecule has 0 aliphatic heterocycles. The fourth-order valence-corrected chi connectivity index (χ4v) is 2.28. The summed E-state index contributed by atoms with van der Waals surface area (Å²) in [5, 5.41) is 11.4. The average Bonchev–Trinajstić information content (AvgIpc) is 2.38. The summed E-state index contributed by atoms with van der Waals surface area (Å²) in [4.78, 5) is 23.0. The predicted molar refractivity (Wildman–Crippen MR) is 79.8 cm³/mol. The Morgan fingerprint density at radius 2 is 1.95 bits per heavy atom. The molecule has 108 valence electrons. The summed E-state index contributed by atoms with van der Waals surface area (Å²) in [5.41, 5.74) is 0.552. The summed E-state index contributed by atoms with van der Waals surface area (Å²) in [6.45, 7) is 0. The first kappa shape index (κ1) is 15.2. The minimum absolute atomic E-state index is 0.0532. The van der Waals surface area contributed by atoms with Crippen LogP contribution in [0.25, 0.3) is 0 Å². The van der Waals surface area contributed by atoms with Crippen molar-refractivity contribution in [1.29, 1.82) is 0 Å². The number of carbonyl (C=O) groups excluding carboxylic acids is 1. The monoisotopic (exact) mass is 351 g/mol. The largest absolute Gasteiger partial charge is 0.478 e. The number of carbonyl (C=O) groups is 2. The zero-order valence-corrected chi connectivity index (χ0v) is 12.4. The van der Waals surface area contributed by atoms with E-state index in [-0.39, 0.29) is 17.7 Å². The van der Waals surface area contributed by atoms with E-state index < -0.39 is 17.7 Å². The SMILES string of the molecule is O=C(Cc1cccc(Br)c1)Nc1cc(F)ccc1C(=O)O. The highest BCUT2D eigenvalue weighted by Gasteiger charge is 2.13. The van der Waals surface area contributed by atoms with Crippen molar-refractivity contribution in [1.82, 2.24) is 0 Å². The van der Waals surface area contributed by atoms with E-state index in [1.54, 1.807) is 18.2 Å². The third-order valence-electron chi connectivity index (χ3n) is 2.74. The van der Waals surface area contributed by atoms with E-state index in [0.717, 1.165) is 28.2 Å². The molecule has 2 N–H and O–H groups in total. The van der Waals surface area contributed by atoms with Crippen molar-refractivity contribution in [3.8, 4) is 0 Å². The van der Waals surface area contributed by atoms with Crippen molar-refractivity contribution >= 4 is 33.5 Å². The van der Waals surface area contributed by atoms with E-state index in [1.165, 1.54) is 0 Å². The Morgan fingerprint density at radius 1 is 1.19 bits per heavy atom. The lowest BCUT2D eigenvalue weighted by atomic mass is 10.1. The van der Waals surface area contributed by atoms with Crippen LogP contribution in [0.1, 0.15) is 15.9 Å². The Hall–Kier alpha value is -2.21. The number of halogens is 2. The maximum Gasteiger partial charge on any atom is 0.337 e. The summed E-state index contributed by atoms with van der Waals surface area (Å²) in [6, 6.07) is 10.3. The molecule has 0 aliphatic rings. The molecule has 1 amide bonds. The maximum atomic E-state index is 13.2. The Morgan fingerprint density at radius 3 is 2.62 bits per heavy atom. The molecule has 0 radical (unpaired) electrons. The van der Waals surface area contributed by atoms with Gasteiger partial charge in [0.25, 0.3) is 0 Å². The van der Waals surface area contributed by atoms with Gasteiger partial charge in [-0.3, -0.25) is 4.79 Å². The van der Waals surface area contributed by atoms with Crippen LogP contribution >= 0.6 is 15.9 Å². The maximum absolute atomic E-state index is 13.2. The third kappa shape index (κ3) is 4.13. The van der Waals surface area contributed by atoms with Gasteiger partial charge in [-0.25, -0.2) is 9.18 Å². The number of benzene rings is 2. The molecule has 4 nitrogen and oxygen atoms in total. The highest BCUT2D eigenvalue weighted by molar-refractivity contribution is 9.10. The molecule has 0 aromatic heterocycles. The molecule has 0 unspecified atom stereocenters. The van der Waals surface area contributed by atoms with Crippen LogP contribution in [0, 0.1) is 5.82 Å². The second-order valence-electron chi connectivity index (χ2n) is 4.35. The normalized spacial score (nSPS) is 10.2. The molecule has 2 rings (SSSR count). The molecule has 21 heavy (non-hydrogen) atoms. The van der Waals surface area contributed by atoms with Crippen LogP contribution in [0.15, 0.2) is 46.9 Å². The number of anilines is 1. The van der Waals surface area contributed by atoms with Gasteiger partial charge in [0.1, 0.15) is 5.82 Å². The number of rotatable bonds is 4. The highest BCUT2D eigenvalue weighted by atomic mass is 79.9. The van der Waals surface area contributed by atoms with E-state index in [9.17, 15) is 14.0 Å². The summed E-state index contributed by atoms with van der Waals surface area (Å²) in [7, 11) is 0. The van der Waals surface area contributed by atoms with E-state index in [1.807, 2.05) is 6.07 Å². The number of carboxylic acids is 1. The predicted octanol–water partition coefficient (Wildman–Crippen LogP) is 3.47. The van der Waals surface area contributed by atoms with Gasteiger partial charge in [0, 0.05) is 4.47 Å². The van der Waals surface area contributed by atoms with Crippen LogP contribution in [-0.4, -0.2) is 17.0 Å². The van der Waals surface area contributed by atoms with Crippen LogP contribution in [0.3, 0.4) is 0 Å². The van der Waals surface area contributed by atoms with Crippen LogP contribution in [-0.2, 0) is 11.2 Å². The van der Waals surface area contributed by atoms with Gasteiger partial charge in [-0.05, 0) is 35.9 Å². The van der Waals surface area contributed by atoms with Crippen molar-refractivity contribution in [2.75, 3.05) is 5.32 Å². The smallest absolute Gasteiger partial charge is 0.337 e. The number of amides is 1. The Balaban J connectivity index is 2.16. The van der Waals surface area contributed by atoms with Crippen molar-refractivity contribution in [3.05, 3.63) is 63.9 Å². The minimum atomic E-state index is -1.23. The zero-order valence-electron chi connectivity index (χ0n) is 10.8. The van der Waals surface area contributed by atoms with Crippen molar-refractivity contribution in [2.24, 2.45) is 0 Å². The van der Waals surface area contributed by atoms with Crippen molar-refractivity contribution in [3.63, 3.8) is 0 Å². The molecule has 0 saturated heterocycles. The van der Waals surface area contributed by atoms with E-state index in [2.05, 4.69) is 21.2 Å². The lowest BCUT2D eigenvalue weighted by Gasteiger charge is -2.09. The summed E-state index contributed by atoms with van der Waals surface area (Å²) >= 11 is 3.30. The van der Waals surface area contributed by atoms with Gasteiger partial charge in [0.2, 0.25) is 5.91 Å².